The molecule has 1 atom stereocenters. The molecule has 0 saturated heterocycles. The van der Waals surface area contributed by atoms with Gasteiger partial charge in [0.2, 0.25) is 0 Å². The summed E-state index contributed by atoms with van der Waals surface area (Å²) in [4.78, 5) is 21.6. The summed E-state index contributed by atoms with van der Waals surface area (Å²) >= 11 is 17.6. The van der Waals surface area contributed by atoms with Crippen molar-refractivity contribution in [2.45, 2.75) is 25.9 Å². The van der Waals surface area contributed by atoms with E-state index in [4.69, 9.17) is 49.4 Å². The number of hydrogen-bond donors (Lipinski definition) is 1. The van der Waals surface area contributed by atoms with Crippen LogP contribution in [0.25, 0.3) is 0 Å². The number of carbonyl (C=O) groups excluding carboxylic acids is 1. The molecule has 1 aromatic carbocycles. The molecule has 1 aromatic rings. The van der Waals surface area contributed by atoms with Crippen molar-refractivity contribution in [3.8, 4) is 5.75 Å². The standard InChI is InChI=1S/C13H13Cl3O5/c1-7(6-20-13(19)3-2-12(17)18)21-11-5-9(15)8(14)4-10(11)16/h4-5,7H,2-3,6H2,1H3,(H,17,18). The molecule has 1 rings (SSSR count). The first-order valence-electron chi connectivity index (χ1n) is 5.98. The van der Waals surface area contributed by atoms with E-state index in [0.29, 0.717) is 15.8 Å². The predicted octanol–water partition coefficient (Wildman–Crippen LogP) is 3.82. The van der Waals surface area contributed by atoms with Crippen LogP contribution in [0.2, 0.25) is 15.1 Å². The summed E-state index contributed by atoms with van der Waals surface area (Å²) in [5.74, 6) is -1.34. The van der Waals surface area contributed by atoms with E-state index in [9.17, 15) is 9.59 Å². The van der Waals surface area contributed by atoms with E-state index in [-0.39, 0.29) is 24.5 Å². The predicted molar refractivity (Wildman–Crippen MR) is 79.4 cm³/mol. The largest absolute Gasteiger partial charge is 0.486 e. The topological polar surface area (TPSA) is 72.8 Å². The Bertz CT molecular complexity index is 533. The molecule has 0 aliphatic carbocycles. The van der Waals surface area contributed by atoms with Crippen LogP contribution in [0.1, 0.15) is 19.8 Å². The van der Waals surface area contributed by atoms with Gasteiger partial charge in [0.05, 0.1) is 27.9 Å². The highest BCUT2D eigenvalue weighted by atomic mass is 35.5. The molecule has 0 aliphatic rings. The van der Waals surface area contributed by atoms with Crippen molar-refractivity contribution in [1.82, 2.24) is 0 Å². The first-order chi connectivity index (χ1) is 9.79. The molecule has 0 amide bonds. The molecule has 0 heterocycles. The number of carboxylic acid groups (broad SMARTS) is 1. The summed E-state index contributed by atoms with van der Waals surface area (Å²) in [7, 11) is 0. The molecule has 0 aliphatic heterocycles. The number of carbonyl (C=O) groups is 2. The average Bonchev–Trinajstić information content (AvgIpc) is 2.40. The highest BCUT2D eigenvalue weighted by Crippen LogP contribution is 2.34. The summed E-state index contributed by atoms with van der Waals surface area (Å²) in [5.41, 5.74) is 0. The number of halogens is 3. The second-order valence-electron chi connectivity index (χ2n) is 4.20. The van der Waals surface area contributed by atoms with Crippen molar-refractivity contribution in [2.24, 2.45) is 0 Å². The quantitative estimate of drug-likeness (QED) is 0.594. The third-order valence-electron chi connectivity index (χ3n) is 2.32. The molecule has 8 heteroatoms. The van der Waals surface area contributed by atoms with E-state index < -0.39 is 18.0 Å². The molecule has 1 N–H and O–H groups in total. The maximum atomic E-state index is 11.3. The lowest BCUT2D eigenvalue weighted by molar-refractivity contribution is -0.149. The van der Waals surface area contributed by atoms with Crippen molar-refractivity contribution in [1.29, 1.82) is 0 Å². The number of ether oxygens (including phenoxy) is 2. The number of benzene rings is 1. The molecule has 0 aromatic heterocycles. The van der Waals surface area contributed by atoms with Crippen LogP contribution in [0.15, 0.2) is 12.1 Å². The molecule has 116 valence electrons. The second-order valence-corrected chi connectivity index (χ2v) is 5.42. The fourth-order valence-electron chi connectivity index (χ4n) is 1.34. The molecule has 1 unspecified atom stereocenters. The smallest absolute Gasteiger partial charge is 0.306 e. The number of hydrogen-bond acceptors (Lipinski definition) is 4. The van der Waals surface area contributed by atoms with Crippen molar-refractivity contribution in [3.63, 3.8) is 0 Å². The Morgan fingerprint density at radius 1 is 1.14 bits per heavy atom. The average molecular weight is 356 g/mol. The SMILES string of the molecule is CC(COC(=O)CCC(=O)O)Oc1cc(Cl)c(Cl)cc1Cl. The van der Waals surface area contributed by atoms with Gasteiger partial charge in [0.15, 0.2) is 0 Å². The van der Waals surface area contributed by atoms with E-state index >= 15 is 0 Å². The van der Waals surface area contributed by atoms with Crippen LogP contribution >= 0.6 is 34.8 Å². The fraction of sp³-hybridized carbons (Fsp3) is 0.385. The Hall–Kier alpha value is -1.17. The maximum Gasteiger partial charge on any atom is 0.306 e. The Morgan fingerprint density at radius 2 is 1.76 bits per heavy atom. The van der Waals surface area contributed by atoms with E-state index in [0.717, 1.165) is 0 Å². The van der Waals surface area contributed by atoms with Crippen molar-refractivity contribution in [3.05, 3.63) is 27.2 Å². The monoisotopic (exact) mass is 354 g/mol. The lowest BCUT2D eigenvalue weighted by Gasteiger charge is -2.16. The number of esters is 1. The molecular weight excluding hydrogens is 342 g/mol. The van der Waals surface area contributed by atoms with Gasteiger partial charge in [0.1, 0.15) is 18.5 Å². The van der Waals surface area contributed by atoms with Crippen LogP contribution in [0.5, 0.6) is 5.75 Å². The van der Waals surface area contributed by atoms with Crippen molar-refractivity contribution < 1.29 is 24.2 Å². The van der Waals surface area contributed by atoms with E-state index in [1.165, 1.54) is 12.1 Å². The first kappa shape index (κ1) is 17.9. The Kier molecular flexibility index (Phi) is 7.08. The van der Waals surface area contributed by atoms with Crippen LogP contribution in [-0.2, 0) is 14.3 Å². The molecule has 0 spiro atoms. The van der Waals surface area contributed by atoms with Crippen LogP contribution < -0.4 is 4.74 Å². The zero-order chi connectivity index (χ0) is 16.0. The van der Waals surface area contributed by atoms with Crippen molar-refractivity contribution >= 4 is 46.7 Å². The van der Waals surface area contributed by atoms with Gasteiger partial charge in [0.25, 0.3) is 0 Å². The van der Waals surface area contributed by atoms with Gasteiger partial charge in [-0.2, -0.15) is 0 Å². The second kappa shape index (κ2) is 8.32. The van der Waals surface area contributed by atoms with E-state index in [1.807, 2.05) is 0 Å². The number of rotatable bonds is 7. The van der Waals surface area contributed by atoms with Crippen LogP contribution in [0.3, 0.4) is 0 Å². The third kappa shape index (κ3) is 6.42. The van der Waals surface area contributed by atoms with Gasteiger partial charge in [-0.25, -0.2) is 0 Å². The highest BCUT2D eigenvalue weighted by Gasteiger charge is 2.13. The maximum absolute atomic E-state index is 11.3. The van der Waals surface area contributed by atoms with E-state index in [1.54, 1.807) is 6.92 Å². The molecule has 0 saturated carbocycles. The van der Waals surface area contributed by atoms with Gasteiger partial charge in [0, 0.05) is 6.07 Å². The zero-order valence-corrected chi connectivity index (χ0v) is 13.3. The minimum absolute atomic E-state index is 0.0327. The van der Waals surface area contributed by atoms with Crippen LogP contribution in [-0.4, -0.2) is 29.8 Å². The third-order valence-corrected chi connectivity index (χ3v) is 3.34. The zero-order valence-electron chi connectivity index (χ0n) is 11.1. The van der Waals surface area contributed by atoms with Crippen LogP contribution in [0.4, 0.5) is 0 Å². The number of aliphatic carboxylic acids is 1. The minimum atomic E-state index is -1.06. The fourth-order valence-corrected chi connectivity index (χ4v) is 1.92. The minimum Gasteiger partial charge on any atom is -0.486 e. The molecule has 0 radical (unpaired) electrons. The van der Waals surface area contributed by atoms with Gasteiger partial charge in [-0.1, -0.05) is 34.8 Å². The van der Waals surface area contributed by atoms with Gasteiger partial charge in [-0.3, -0.25) is 9.59 Å². The van der Waals surface area contributed by atoms with Gasteiger partial charge in [-0.15, -0.1) is 0 Å². The summed E-state index contributed by atoms with van der Waals surface area (Å²) in [6, 6.07) is 2.92. The Balaban J connectivity index is 2.47. The van der Waals surface area contributed by atoms with Crippen molar-refractivity contribution in [2.75, 3.05) is 6.61 Å². The lowest BCUT2D eigenvalue weighted by atomic mass is 10.3. The molecule has 5 nitrogen and oxygen atoms in total. The molecule has 0 bridgehead atoms. The van der Waals surface area contributed by atoms with E-state index in [2.05, 4.69) is 0 Å². The van der Waals surface area contributed by atoms with Gasteiger partial charge < -0.3 is 14.6 Å². The molecule has 0 fully saturated rings. The number of carboxylic acids is 1. The summed E-state index contributed by atoms with van der Waals surface area (Å²) in [6.45, 7) is 1.64. The summed E-state index contributed by atoms with van der Waals surface area (Å²) < 4.78 is 10.4. The lowest BCUT2D eigenvalue weighted by Crippen LogP contribution is -2.22. The Morgan fingerprint density at radius 3 is 2.38 bits per heavy atom. The summed E-state index contributed by atoms with van der Waals surface area (Å²) in [5, 5.41) is 9.33. The van der Waals surface area contributed by atoms with Gasteiger partial charge >= 0.3 is 11.9 Å². The molecular formula is C13H13Cl3O5. The Labute approximate surface area is 136 Å². The highest BCUT2D eigenvalue weighted by molar-refractivity contribution is 6.43. The van der Waals surface area contributed by atoms with Gasteiger partial charge in [-0.05, 0) is 13.0 Å². The van der Waals surface area contributed by atoms with Crippen LogP contribution in [0, 0.1) is 0 Å². The normalized spacial score (nSPS) is 11.8. The molecule has 21 heavy (non-hydrogen) atoms. The first-order valence-corrected chi connectivity index (χ1v) is 7.11. The summed E-state index contributed by atoms with van der Waals surface area (Å²) in [6.07, 6.45) is -0.934.